The van der Waals surface area contributed by atoms with Crippen LogP contribution in [0.5, 0.6) is 5.75 Å². The molecule has 1 saturated heterocycles. The van der Waals surface area contributed by atoms with Gasteiger partial charge in [-0.2, -0.15) is 0 Å². The van der Waals surface area contributed by atoms with Crippen molar-refractivity contribution in [1.29, 1.82) is 0 Å². The molecule has 2 aliphatic rings. The fourth-order valence-electron chi connectivity index (χ4n) is 2.82. The molecular weight excluding hydrogens is 256 g/mol. The molecule has 1 amide bonds. The van der Waals surface area contributed by atoms with E-state index >= 15 is 0 Å². The maximum absolute atomic E-state index is 12.3. The maximum atomic E-state index is 12.3. The van der Waals surface area contributed by atoms with Crippen LogP contribution in [0.2, 0.25) is 0 Å². The highest BCUT2D eigenvalue weighted by Gasteiger charge is 2.55. The molecule has 5 nitrogen and oxygen atoms in total. The lowest BCUT2D eigenvalue weighted by molar-refractivity contribution is -0.0539. The monoisotopic (exact) mass is 276 g/mol. The Kier molecular flexibility index (Phi) is 2.64. The number of hydrogen-bond acceptors (Lipinski definition) is 4. The number of nitrogens with zero attached hydrogens (tertiary/aromatic N) is 1. The zero-order valence-corrected chi connectivity index (χ0v) is 12.1. The van der Waals surface area contributed by atoms with Gasteiger partial charge in [-0.1, -0.05) is 0 Å². The Morgan fingerprint density at radius 1 is 1.45 bits per heavy atom. The lowest BCUT2D eigenvalue weighted by Crippen LogP contribution is -2.61. The summed E-state index contributed by atoms with van der Waals surface area (Å²) < 4.78 is 11.2. The van der Waals surface area contributed by atoms with E-state index in [9.17, 15) is 4.79 Å². The van der Waals surface area contributed by atoms with E-state index in [-0.39, 0.29) is 6.09 Å². The number of likely N-dealkylation sites (tertiary alicyclic amines) is 1. The van der Waals surface area contributed by atoms with Gasteiger partial charge in [0.25, 0.3) is 0 Å². The van der Waals surface area contributed by atoms with Gasteiger partial charge in [0.1, 0.15) is 23.5 Å². The van der Waals surface area contributed by atoms with E-state index in [2.05, 4.69) is 0 Å². The number of nitrogens with two attached hydrogens (primary N) is 1. The highest BCUT2D eigenvalue weighted by molar-refractivity contribution is 5.72. The van der Waals surface area contributed by atoms with E-state index in [0.717, 1.165) is 17.7 Å². The molecule has 5 heteroatoms. The van der Waals surface area contributed by atoms with Crippen LogP contribution in [0.15, 0.2) is 18.2 Å². The summed E-state index contributed by atoms with van der Waals surface area (Å²) in [6.45, 7) is 6.77. The van der Waals surface area contributed by atoms with Crippen LogP contribution in [-0.4, -0.2) is 29.7 Å². The SMILES string of the molecule is CC(C)(C)OC(=O)N1CC[C@]12COc1ccc(N)cc12. The van der Waals surface area contributed by atoms with Crippen LogP contribution in [0.4, 0.5) is 10.5 Å². The van der Waals surface area contributed by atoms with E-state index in [1.54, 1.807) is 4.90 Å². The Morgan fingerprint density at radius 2 is 2.20 bits per heavy atom. The van der Waals surface area contributed by atoms with E-state index in [1.165, 1.54) is 0 Å². The van der Waals surface area contributed by atoms with Crippen molar-refractivity contribution >= 4 is 11.8 Å². The Balaban J connectivity index is 1.89. The molecule has 2 aliphatic heterocycles. The van der Waals surface area contributed by atoms with Crippen LogP contribution in [0.1, 0.15) is 32.8 Å². The van der Waals surface area contributed by atoms with E-state index in [1.807, 2.05) is 39.0 Å². The molecule has 108 valence electrons. The first-order valence-corrected chi connectivity index (χ1v) is 6.85. The Hall–Kier alpha value is -1.91. The van der Waals surface area contributed by atoms with Crippen LogP contribution in [0.25, 0.3) is 0 Å². The largest absolute Gasteiger partial charge is 0.490 e. The molecule has 1 aromatic rings. The van der Waals surface area contributed by atoms with Gasteiger partial charge in [0, 0.05) is 17.8 Å². The van der Waals surface area contributed by atoms with Gasteiger partial charge < -0.3 is 15.2 Å². The Bertz CT molecular complexity index is 565. The molecular formula is C15H20N2O3. The quantitative estimate of drug-likeness (QED) is 0.739. The first-order chi connectivity index (χ1) is 9.32. The number of amides is 1. The third-order valence-electron chi connectivity index (χ3n) is 3.85. The van der Waals surface area contributed by atoms with Crippen molar-refractivity contribution in [1.82, 2.24) is 4.90 Å². The van der Waals surface area contributed by atoms with E-state index in [0.29, 0.717) is 18.8 Å². The molecule has 0 aliphatic carbocycles. The lowest BCUT2D eigenvalue weighted by atomic mass is 9.80. The number of fused-ring (bicyclic) bond motifs is 2. The standard InChI is InChI=1S/C15H20N2O3/c1-14(2,3)20-13(18)17-7-6-15(17)9-19-12-5-4-10(16)8-11(12)15/h4-5,8H,6-7,9,16H2,1-3H3/t15-/m1/s1. The molecule has 3 rings (SSSR count). The molecule has 2 heterocycles. The van der Waals surface area contributed by atoms with Crippen LogP contribution in [-0.2, 0) is 10.3 Å². The van der Waals surface area contributed by atoms with Crippen molar-refractivity contribution in [2.24, 2.45) is 0 Å². The van der Waals surface area contributed by atoms with Gasteiger partial charge >= 0.3 is 6.09 Å². The summed E-state index contributed by atoms with van der Waals surface area (Å²) in [5.74, 6) is 0.812. The summed E-state index contributed by atoms with van der Waals surface area (Å²) in [7, 11) is 0. The average Bonchev–Trinajstić information content (AvgIpc) is 2.65. The number of benzene rings is 1. The fraction of sp³-hybridized carbons (Fsp3) is 0.533. The van der Waals surface area contributed by atoms with E-state index in [4.69, 9.17) is 15.2 Å². The average molecular weight is 276 g/mol. The van der Waals surface area contributed by atoms with Gasteiger partial charge in [0.15, 0.2) is 0 Å². The van der Waals surface area contributed by atoms with Crippen LogP contribution >= 0.6 is 0 Å². The predicted octanol–water partition coefficient (Wildman–Crippen LogP) is 2.50. The normalized spacial score (nSPS) is 24.1. The van der Waals surface area contributed by atoms with E-state index < -0.39 is 11.1 Å². The van der Waals surface area contributed by atoms with Gasteiger partial charge in [0.2, 0.25) is 0 Å². The Labute approximate surface area is 118 Å². The predicted molar refractivity (Wildman–Crippen MR) is 75.6 cm³/mol. The fourth-order valence-corrected chi connectivity index (χ4v) is 2.82. The van der Waals surface area contributed by atoms with Crippen molar-refractivity contribution in [2.45, 2.75) is 38.3 Å². The second-order valence-corrected chi connectivity index (χ2v) is 6.46. The molecule has 20 heavy (non-hydrogen) atoms. The second-order valence-electron chi connectivity index (χ2n) is 6.46. The van der Waals surface area contributed by atoms with Gasteiger partial charge in [-0.3, -0.25) is 4.90 Å². The van der Waals surface area contributed by atoms with Gasteiger partial charge in [-0.05, 0) is 45.4 Å². The number of carbonyl (C=O) groups is 1. The minimum absolute atomic E-state index is 0.289. The third-order valence-corrected chi connectivity index (χ3v) is 3.85. The van der Waals surface area contributed by atoms with Crippen LogP contribution < -0.4 is 10.5 Å². The summed E-state index contributed by atoms with van der Waals surface area (Å²) in [6, 6.07) is 5.58. The molecule has 0 aromatic heterocycles. The number of carbonyl (C=O) groups excluding carboxylic acids is 1. The first kappa shape index (κ1) is 13.1. The van der Waals surface area contributed by atoms with Crippen molar-refractivity contribution in [3.05, 3.63) is 23.8 Å². The first-order valence-electron chi connectivity index (χ1n) is 6.85. The molecule has 0 unspecified atom stereocenters. The topological polar surface area (TPSA) is 64.8 Å². The van der Waals surface area contributed by atoms with Gasteiger partial charge in [-0.25, -0.2) is 4.79 Å². The summed E-state index contributed by atoms with van der Waals surface area (Å²) in [5, 5.41) is 0. The minimum atomic E-state index is -0.494. The van der Waals surface area contributed by atoms with Crippen molar-refractivity contribution in [3.63, 3.8) is 0 Å². The van der Waals surface area contributed by atoms with Crippen LogP contribution in [0.3, 0.4) is 0 Å². The zero-order valence-electron chi connectivity index (χ0n) is 12.1. The van der Waals surface area contributed by atoms with Crippen molar-refractivity contribution in [2.75, 3.05) is 18.9 Å². The molecule has 2 N–H and O–H groups in total. The molecule has 0 saturated carbocycles. The maximum Gasteiger partial charge on any atom is 0.411 e. The third kappa shape index (κ3) is 1.88. The minimum Gasteiger partial charge on any atom is -0.490 e. The summed E-state index contributed by atoms with van der Waals surface area (Å²) in [4.78, 5) is 14.1. The van der Waals surface area contributed by atoms with Gasteiger partial charge in [0.05, 0.1) is 0 Å². The molecule has 0 radical (unpaired) electrons. The summed E-state index contributed by atoms with van der Waals surface area (Å²) >= 11 is 0. The molecule has 1 atom stereocenters. The highest BCUT2D eigenvalue weighted by Crippen LogP contribution is 2.50. The zero-order chi connectivity index (χ0) is 14.5. The Morgan fingerprint density at radius 3 is 2.80 bits per heavy atom. The number of rotatable bonds is 0. The number of nitrogen functional groups attached to an aromatic ring is 1. The summed E-state index contributed by atoms with van der Waals surface area (Å²) in [6.07, 6.45) is 0.588. The molecule has 1 fully saturated rings. The number of anilines is 1. The number of hydrogen-bond donors (Lipinski definition) is 1. The van der Waals surface area contributed by atoms with Crippen molar-refractivity contribution < 1.29 is 14.3 Å². The summed E-state index contributed by atoms with van der Waals surface area (Å²) in [5.41, 5.74) is 6.65. The molecule has 1 spiro atoms. The van der Waals surface area contributed by atoms with Crippen LogP contribution in [0, 0.1) is 0 Å². The van der Waals surface area contributed by atoms with Gasteiger partial charge in [-0.15, -0.1) is 0 Å². The second kappa shape index (κ2) is 4.04. The highest BCUT2D eigenvalue weighted by atomic mass is 16.6. The smallest absolute Gasteiger partial charge is 0.411 e. The molecule has 1 aromatic carbocycles. The number of ether oxygens (including phenoxy) is 2. The van der Waals surface area contributed by atoms with Crippen molar-refractivity contribution in [3.8, 4) is 5.75 Å². The lowest BCUT2D eigenvalue weighted by Gasteiger charge is -2.49. The molecule has 0 bridgehead atoms.